The number of methoxy groups -OCH3 is 1. The van der Waals surface area contributed by atoms with Crippen molar-refractivity contribution in [3.63, 3.8) is 0 Å². The van der Waals surface area contributed by atoms with Crippen molar-refractivity contribution >= 4 is 15.9 Å². The molecule has 0 spiro atoms. The third-order valence-electron chi connectivity index (χ3n) is 4.62. The lowest BCUT2D eigenvalue weighted by Gasteiger charge is -2.31. The summed E-state index contributed by atoms with van der Waals surface area (Å²) in [6, 6.07) is 11.8. The van der Waals surface area contributed by atoms with Crippen LogP contribution in [0.15, 0.2) is 53.6 Å². The second-order valence-electron chi connectivity index (χ2n) is 6.42. The number of aromatic nitrogens is 1. The van der Waals surface area contributed by atoms with Crippen molar-refractivity contribution in [2.45, 2.75) is 24.3 Å². The van der Waals surface area contributed by atoms with E-state index in [1.54, 1.807) is 18.3 Å². The molecule has 1 aliphatic rings. The van der Waals surface area contributed by atoms with E-state index in [9.17, 15) is 13.2 Å². The van der Waals surface area contributed by atoms with Crippen LogP contribution in [0.4, 0.5) is 0 Å². The van der Waals surface area contributed by atoms with Gasteiger partial charge in [0.1, 0.15) is 5.75 Å². The number of benzene rings is 1. The summed E-state index contributed by atoms with van der Waals surface area (Å²) in [5.74, 6) is 0.0881. The molecule has 2 aromatic rings. The Labute approximate surface area is 159 Å². The quantitative estimate of drug-likeness (QED) is 0.814. The maximum atomic E-state index is 12.9. The van der Waals surface area contributed by atoms with Gasteiger partial charge >= 0.3 is 0 Å². The zero-order valence-corrected chi connectivity index (χ0v) is 16.0. The smallest absolute Gasteiger partial charge is 0.243 e. The van der Waals surface area contributed by atoms with Gasteiger partial charge in [-0.05, 0) is 49.2 Å². The number of ether oxygens (including phenoxy) is 1. The molecule has 1 N–H and O–H groups in total. The molecule has 0 unspecified atom stereocenters. The molecule has 3 rings (SSSR count). The fourth-order valence-electron chi connectivity index (χ4n) is 3.10. The van der Waals surface area contributed by atoms with E-state index < -0.39 is 10.0 Å². The first-order valence-electron chi connectivity index (χ1n) is 8.82. The van der Waals surface area contributed by atoms with Crippen molar-refractivity contribution < 1.29 is 17.9 Å². The zero-order chi connectivity index (χ0) is 19.3. The summed E-state index contributed by atoms with van der Waals surface area (Å²) in [6.45, 7) is 0.933. The van der Waals surface area contributed by atoms with Crippen LogP contribution in [0, 0.1) is 5.92 Å². The van der Waals surface area contributed by atoms with E-state index in [1.807, 2.05) is 18.2 Å². The number of hydrogen-bond donors (Lipinski definition) is 1. The molecule has 1 aromatic heterocycles. The van der Waals surface area contributed by atoms with Gasteiger partial charge in [-0.2, -0.15) is 4.31 Å². The molecule has 0 bridgehead atoms. The van der Waals surface area contributed by atoms with E-state index >= 15 is 0 Å². The lowest BCUT2D eigenvalue weighted by molar-refractivity contribution is -0.126. The van der Waals surface area contributed by atoms with Gasteiger partial charge in [-0.25, -0.2) is 8.42 Å². The van der Waals surface area contributed by atoms with Crippen LogP contribution in [-0.4, -0.2) is 43.8 Å². The molecule has 0 aliphatic carbocycles. The van der Waals surface area contributed by atoms with Gasteiger partial charge in [0.15, 0.2) is 0 Å². The number of pyridine rings is 1. The lowest BCUT2D eigenvalue weighted by Crippen LogP contribution is -2.45. The van der Waals surface area contributed by atoms with Crippen LogP contribution in [0.3, 0.4) is 0 Å². The molecule has 1 saturated heterocycles. The monoisotopic (exact) mass is 389 g/mol. The second-order valence-corrected chi connectivity index (χ2v) is 8.35. The van der Waals surface area contributed by atoms with E-state index in [0.29, 0.717) is 31.7 Å². The summed E-state index contributed by atoms with van der Waals surface area (Å²) in [4.78, 5) is 16.9. The average Bonchev–Trinajstić information content (AvgIpc) is 2.73. The van der Waals surface area contributed by atoms with Crippen LogP contribution >= 0.6 is 0 Å². The van der Waals surface area contributed by atoms with Crippen LogP contribution in [0.25, 0.3) is 0 Å². The Morgan fingerprint density at radius 2 is 2.04 bits per heavy atom. The Morgan fingerprint density at radius 1 is 1.26 bits per heavy atom. The summed E-state index contributed by atoms with van der Waals surface area (Å²) in [5, 5.41) is 2.86. The highest BCUT2D eigenvalue weighted by molar-refractivity contribution is 7.89. The minimum Gasteiger partial charge on any atom is -0.497 e. The molecule has 1 amide bonds. The molecule has 0 saturated carbocycles. The SMILES string of the molecule is COc1ccc(S(=O)(=O)N2CCC[C@H](C(=O)NCc3ccccn3)C2)cc1. The van der Waals surface area contributed by atoms with Crippen molar-refractivity contribution in [1.29, 1.82) is 0 Å². The summed E-state index contributed by atoms with van der Waals surface area (Å²) in [7, 11) is -2.11. The first-order chi connectivity index (χ1) is 13.0. The fraction of sp³-hybridized carbons (Fsp3) is 0.368. The van der Waals surface area contributed by atoms with Gasteiger partial charge in [0.2, 0.25) is 15.9 Å². The van der Waals surface area contributed by atoms with E-state index in [4.69, 9.17) is 4.74 Å². The van der Waals surface area contributed by atoms with Gasteiger partial charge in [-0.15, -0.1) is 0 Å². The molecule has 8 heteroatoms. The Kier molecular flexibility index (Phi) is 6.08. The number of carbonyl (C=O) groups excluding carboxylic acids is 1. The molecular formula is C19H23N3O4S. The highest BCUT2D eigenvalue weighted by Crippen LogP contribution is 2.25. The van der Waals surface area contributed by atoms with Crippen molar-refractivity contribution in [2.75, 3.05) is 20.2 Å². The fourth-order valence-corrected chi connectivity index (χ4v) is 4.62. The van der Waals surface area contributed by atoms with Crippen molar-refractivity contribution in [3.05, 3.63) is 54.4 Å². The van der Waals surface area contributed by atoms with E-state index in [0.717, 1.165) is 5.69 Å². The summed E-state index contributed by atoms with van der Waals surface area (Å²) < 4.78 is 32.2. The number of nitrogens with one attached hydrogen (secondary N) is 1. The Balaban J connectivity index is 1.64. The first-order valence-corrected chi connectivity index (χ1v) is 10.3. The van der Waals surface area contributed by atoms with Crippen LogP contribution in [0.5, 0.6) is 5.75 Å². The number of nitrogens with zero attached hydrogens (tertiary/aromatic N) is 2. The largest absolute Gasteiger partial charge is 0.497 e. The molecular weight excluding hydrogens is 366 g/mol. The van der Waals surface area contributed by atoms with Gasteiger partial charge in [-0.3, -0.25) is 9.78 Å². The number of piperidine rings is 1. The zero-order valence-electron chi connectivity index (χ0n) is 15.2. The molecule has 2 heterocycles. The Morgan fingerprint density at radius 3 is 2.70 bits per heavy atom. The van der Waals surface area contributed by atoms with Crippen molar-refractivity contribution in [2.24, 2.45) is 5.92 Å². The summed E-state index contributed by atoms with van der Waals surface area (Å²) in [5.41, 5.74) is 0.768. The maximum Gasteiger partial charge on any atom is 0.243 e. The average molecular weight is 389 g/mol. The van der Waals surface area contributed by atoms with Crippen molar-refractivity contribution in [1.82, 2.24) is 14.6 Å². The van der Waals surface area contributed by atoms with Gasteiger partial charge in [0.25, 0.3) is 0 Å². The van der Waals surface area contributed by atoms with Crippen LogP contribution in [0.1, 0.15) is 18.5 Å². The topological polar surface area (TPSA) is 88.6 Å². The van der Waals surface area contributed by atoms with Crippen molar-refractivity contribution in [3.8, 4) is 5.75 Å². The van der Waals surface area contributed by atoms with Gasteiger partial charge in [0, 0.05) is 19.3 Å². The molecule has 1 atom stereocenters. The van der Waals surface area contributed by atoms with E-state index in [-0.39, 0.29) is 23.3 Å². The summed E-state index contributed by atoms with van der Waals surface area (Å²) in [6.07, 6.45) is 2.99. The number of hydrogen-bond acceptors (Lipinski definition) is 5. The van der Waals surface area contributed by atoms with Crippen LogP contribution in [0.2, 0.25) is 0 Å². The lowest BCUT2D eigenvalue weighted by atomic mass is 9.99. The minimum atomic E-state index is -3.64. The number of carbonyl (C=O) groups is 1. The normalized spacial score (nSPS) is 18.0. The molecule has 27 heavy (non-hydrogen) atoms. The van der Waals surface area contributed by atoms with Crippen LogP contribution in [-0.2, 0) is 21.4 Å². The Bertz CT molecular complexity index is 870. The van der Waals surface area contributed by atoms with E-state index in [2.05, 4.69) is 10.3 Å². The number of sulfonamides is 1. The third kappa shape index (κ3) is 4.64. The predicted molar refractivity (Wildman–Crippen MR) is 101 cm³/mol. The number of rotatable bonds is 6. The molecule has 0 radical (unpaired) electrons. The molecule has 144 valence electrons. The first kappa shape index (κ1) is 19.3. The highest BCUT2D eigenvalue weighted by atomic mass is 32.2. The Hall–Kier alpha value is -2.45. The standard InChI is InChI=1S/C19H23N3O4S/c1-26-17-7-9-18(10-8-17)27(24,25)22-12-4-5-15(14-22)19(23)21-13-16-6-2-3-11-20-16/h2-3,6-11,15H,4-5,12-14H2,1H3,(H,21,23)/t15-/m0/s1. The molecule has 1 fully saturated rings. The van der Waals surface area contributed by atoms with Gasteiger partial charge in [0.05, 0.1) is 30.2 Å². The van der Waals surface area contributed by atoms with E-state index in [1.165, 1.54) is 23.5 Å². The number of amides is 1. The minimum absolute atomic E-state index is 0.143. The third-order valence-corrected chi connectivity index (χ3v) is 6.50. The predicted octanol–water partition coefficient (Wildman–Crippen LogP) is 1.81. The maximum absolute atomic E-state index is 12.9. The summed E-state index contributed by atoms with van der Waals surface area (Å²) >= 11 is 0. The molecule has 7 nitrogen and oxygen atoms in total. The highest BCUT2D eigenvalue weighted by Gasteiger charge is 2.33. The van der Waals surface area contributed by atoms with Crippen LogP contribution < -0.4 is 10.1 Å². The molecule has 1 aliphatic heterocycles. The second kappa shape index (κ2) is 8.49. The molecule has 1 aromatic carbocycles. The van der Waals surface area contributed by atoms with Gasteiger partial charge in [-0.1, -0.05) is 6.07 Å². The van der Waals surface area contributed by atoms with Gasteiger partial charge < -0.3 is 10.1 Å².